The van der Waals surface area contributed by atoms with Crippen molar-refractivity contribution in [1.82, 2.24) is 19.4 Å². The highest BCUT2D eigenvalue weighted by Gasteiger charge is 2.16. The summed E-state index contributed by atoms with van der Waals surface area (Å²) in [5, 5.41) is 3.61. The number of carbonyl (C=O) groups is 1. The number of amides is 1. The minimum absolute atomic E-state index is 0.267. The number of nitrogens with one attached hydrogen (secondary N) is 1. The average molecular weight is 649 g/mol. The lowest BCUT2D eigenvalue weighted by molar-refractivity contribution is -0.118. The Bertz CT molecular complexity index is 1510. The van der Waals surface area contributed by atoms with E-state index in [9.17, 15) is 4.79 Å². The van der Waals surface area contributed by atoms with Crippen LogP contribution in [0.15, 0.2) is 59.2 Å². The van der Waals surface area contributed by atoms with Gasteiger partial charge in [-0.15, -0.1) is 0 Å². The first-order valence-corrected chi connectivity index (χ1v) is 15.9. The molecule has 0 unspecified atom stereocenters. The minimum atomic E-state index is -0.267. The van der Waals surface area contributed by atoms with E-state index in [4.69, 9.17) is 20.4 Å². The molecule has 1 aliphatic heterocycles. The maximum absolute atomic E-state index is 11.5. The second-order valence-electron chi connectivity index (χ2n) is 11.4. The summed E-state index contributed by atoms with van der Waals surface area (Å²) in [7, 11) is 0. The monoisotopic (exact) mass is 647 g/mol. The van der Waals surface area contributed by atoms with E-state index in [2.05, 4.69) is 85.9 Å². The first-order chi connectivity index (χ1) is 20.8. The molecule has 1 saturated heterocycles. The van der Waals surface area contributed by atoms with E-state index >= 15 is 0 Å². The van der Waals surface area contributed by atoms with Crippen LogP contribution in [0.1, 0.15) is 41.6 Å². The summed E-state index contributed by atoms with van der Waals surface area (Å²) < 4.78 is 8.53. The number of morpholine rings is 1. The number of pyridine rings is 1. The first kappa shape index (κ1) is 31.0. The molecule has 2 aromatic heterocycles. The third kappa shape index (κ3) is 8.78. The molecule has 1 aliphatic rings. The number of hydrogen-bond donors (Lipinski definition) is 2. The van der Waals surface area contributed by atoms with E-state index in [1.165, 1.54) is 16.7 Å². The van der Waals surface area contributed by atoms with Crippen LogP contribution >= 0.6 is 15.9 Å². The van der Waals surface area contributed by atoms with Gasteiger partial charge < -0.3 is 25.3 Å². The van der Waals surface area contributed by atoms with Crippen LogP contribution in [-0.2, 0) is 22.6 Å². The number of rotatable bonds is 14. The molecule has 43 heavy (non-hydrogen) atoms. The van der Waals surface area contributed by atoms with Crippen LogP contribution in [0, 0.1) is 13.8 Å². The molecule has 4 aromatic rings. The summed E-state index contributed by atoms with van der Waals surface area (Å²) >= 11 is 3.52. The zero-order valence-corrected chi connectivity index (χ0v) is 26.8. The van der Waals surface area contributed by atoms with E-state index in [0.717, 1.165) is 85.3 Å². The Labute approximate surface area is 262 Å². The lowest BCUT2D eigenvalue weighted by atomic mass is 10.1. The standard InChI is InChI=1S/C33H42BrN7O2/c1-24-18-25(2)20-28(19-24)40(13-4-8-32(35)42)22-26-9-10-29-30(21-26)41(23-27-6-3-7-31(34)37-27)33(38-29)36-11-5-12-39-14-16-43-17-15-39/h3,6-7,9-10,18-21H,4-5,8,11-17,22-23H2,1-2H3,(H2,35,42)(H,36,38). The van der Waals surface area contributed by atoms with E-state index in [1.54, 1.807) is 0 Å². The molecule has 0 bridgehead atoms. The number of fused-ring (bicyclic) bond motifs is 1. The van der Waals surface area contributed by atoms with Gasteiger partial charge in [-0.2, -0.15) is 0 Å². The quantitative estimate of drug-likeness (QED) is 0.142. The lowest BCUT2D eigenvalue weighted by Gasteiger charge is -2.26. The van der Waals surface area contributed by atoms with E-state index < -0.39 is 0 Å². The molecule has 5 rings (SSSR count). The molecule has 0 atom stereocenters. The third-order valence-corrected chi connectivity index (χ3v) is 8.18. The summed E-state index contributed by atoms with van der Waals surface area (Å²) in [5.74, 6) is 0.584. The Balaban J connectivity index is 1.40. The molecule has 0 saturated carbocycles. The van der Waals surface area contributed by atoms with Crippen molar-refractivity contribution >= 4 is 44.5 Å². The Morgan fingerprint density at radius 1 is 1.05 bits per heavy atom. The number of anilines is 2. The number of carbonyl (C=O) groups excluding carboxylic acids is 1. The van der Waals surface area contributed by atoms with E-state index in [0.29, 0.717) is 25.9 Å². The maximum Gasteiger partial charge on any atom is 0.217 e. The van der Waals surface area contributed by atoms with Crippen molar-refractivity contribution in [3.05, 3.63) is 81.6 Å². The number of aromatic nitrogens is 3. The van der Waals surface area contributed by atoms with Crippen molar-refractivity contribution in [2.75, 3.05) is 56.2 Å². The van der Waals surface area contributed by atoms with Gasteiger partial charge in [0.25, 0.3) is 0 Å². The Hall–Kier alpha value is -3.47. The molecule has 0 radical (unpaired) electrons. The van der Waals surface area contributed by atoms with Crippen LogP contribution in [0.25, 0.3) is 11.0 Å². The molecule has 9 nitrogen and oxygen atoms in total. The average Bonchev–Trinajstić information content (AvgIpc) is 3.31. The molecule has 228 valence electrons. The summed E-state index contributed by atoms with van der Waals surface area (Å²) in [6.45, 7) is 11.8. The number of halogens is 1. The topological polar surface area (TPSA) is 102 Å². The van der Waals surface area contributed by atoms with E-state index in [-0.39, 0.29) is 5.91 Å². The summed E-state index contributed by atoms with van der Waals surface area (Å²) in [6, 6.07) is 19.1. The van der Waals surface area contributed by atoms with Crippen molar-refractivity contribution in [2.45, 2.75) is 46.2 Å². The lowest BCUT2D eigenvalue weighted by Crippen LogP contribution is -2.37. The Morgan fingerprint density at radius 2 is 1.84 bits per heavy atom. The molecule has 3 heterocycles. The predicted octanol–water partition coefficient (Wildman–Crippen LogP) is 5.27. The van der Waals surface area contributed by atoms with Crippen LogP contribution in [0.5, 0.6) is 0 Å². The van der Waals surface area contributed by atoms with Gasteiger partial charge in [-0.3, -0.25) is 9.69 Å². The van der Waals surface area contributed by atoms with Crippen molar-refractivity contribution in [3.63, 3.8) is 0 Å². The minimum Gasteiger partial charge on any atom is -0.379 e. The van der Waals surface area contributed by atoms with Gasteiger partial charge in [0, 0.05) is 44.8 Å². The van der Waals surface area contributed by atoms with Crippen molar-refractivity contribution in [3.8, 4) is 0 Å². The van der Waals surface area contributed by atoms with Crippen molar-refractivity contribution in [2.24, 2.45) is 5.73 Å². The molecule has 1 fully saturated rings. The number of imidazole rings is 1. The van der Waals surface area contributed by atoms with Crippen LogP contribution in [-0.4, -0.2) is 71.3 Å². The fourth-order valence-corrected chi connectivity index (χ4v) is 6.07. The smallest absolute Gasteiger partial charge is 0.217 e. The van der Waals surface area contributed by atoms with Gasteiger partial charge >= 0.3 is 0 Å². The Morgan fingerprint density at radius 3 is 2.58 bits per heavy atom. The van der Waals surface area contributed by atoms with Gasteiger partial charge in [-0.05, 0) is 102 Å². The van der Waals surface area contributed by atoms with Gasteiger partial charge in [0.15, 0.2) is 0 Å². The van der Waals surface area contributed by atoms with Crippen molar-refractivity contribution < 1.29 is 9.53 Å². The highest BCUT2D eigenvalue weighted by molar-refractivity contribution is 9.10. The van der Waals surface area contributed by atoms with Gasteiger partial charge in [0.05, 0.1) is 36.5 Å². The molecule has 0 spiro atoms. The number of hydrogen-bond acceptors (Lipinski definition) is 7. The van der Waals surface area contributed by atoms with E-state index in [1.807, 2.05) is 18.2 Å². The SMILES string of the molecule is Cc1cc(C)cc(N(CCCC(N)=O)Cc2ccc3nc(NCCCN4CCOCC4)n(Cc4cccc(Br)n4)c3c2)c1. The maximum atomic E-state index is 11.5. The summed E-state index contributed by atoms with van der Waals surface area (Å²) in [6.07, 6.45) is 2.10. The number of nitrogens with two attached hydrogens (primary N) is 1. The second kappa shape index (κ2) is 14.8. The number of nitrogens with zero attached hydrogens (tertiary/aromatic N) is 5. The van der Waals surface area contributed by atoms with Crippen LogP contribution < -0.4 is 16.0 Å². The normalized spacial score (nSPS) is 13.8. The fourth-order valence-electron chi connectivity index (χ4n) is 5.69. The van der Waals surface area contributed by atoms with Crippen LogP contribution in [0.2, 0.25) is 0 Å². The highest BCUT2D eigenvalue weighted by atomic mass is 79.9. The first-order valence-electron chi connectivity index (χ1n) is 15.1. The number of benzene rings is 2. The Kier molecular flexibility index (Phi) is 10.7. The zero-order valence-electron chi connectivity index (χ0n) is 25.2. The van der Waals surface area contributed by atoms with Crippen molar-refractivity contribution in [1.29, 1.82) is 0 Å². The fraction of sp³-hybridized carbons (Fsp3) is 0.424. The highest BCUT2D eigenvalue weighted by Crippen LogP contribution is 2.26. The molecular weight excluding hydrogens is 606 g/mol. The number of ether oxygens (including phenoxy) is 1. The molecule has 0 aliphatic carbocycles. The van der Waals surface area contributed by atoms with Crippen LogP contribution in [0.3, 0.4) is 0 Å². The predicted molar refractivity (Wildman–Crippen MR) is 177 cm³/mol. The summed E-state index contributed by atoms with van der Waals surface area (Å²) in [4.78, 5) is 26.0. The van der Waals surface area contributed by atoms with Gasteiger partial charge in [-0.1, -0.05) is 18.2 Å². The largest absolute Gasteiger partial charge is 0.379 e. The molecule has 1 amide bonds. The molecule has 3 N–H and O–H groups in total. The number of aryl methyl sites for hydroxylation is 2. The molecule has 2 aromatic carbocycles. The zero-order chi connectivity index (χ0) is 30.2. The summed E-state index contributed by atoms with van der Waals surface area (Å²) in [5.41, 5.74) is 13.2. The third-order valence-electron chi connectivity index (χ3n) is 7.74. The van der Waals surface area contributed by atoms with Gasteiger partial charge in [0.1, 0.15) is 4.60 Å². The van der Waals surface area contributed by atoms with Crippen LogP contribution in [0.4, 0.5) is 11.6 Å². The van der Waals surface area contributed by atoms with Gasteiger partial charge in [-0.25, -0.2) is 9.97 Å². The molecule has 10 heteroatoms. The second-order valence-corrected chi connectivity index (χ2v) is 12.2. The molecular formula is C33H42BrN7O2. The van der Waals surface area contributed by atoms with Gasteiger partial charge in [0.2, 0.25) is 11.9 Å². The number of primary amides is 1.